The number of nitrogens with zero attached hydrogens (tertiary/aromatic N) is 3. The Bertz CT molecular complexity index is 1180. The van der Waals surface area contributed by atoms with Gasteiger partial charge in [0.1, 0.15) is 11.5 Å². The number of anilines is 1. The highest BCUT2D eigenvalue weighted by Crippen LogP contribution is 2.33. The molecule has 10 heteroatoms. The van der Waals surface area contributed by atoms with E-state index in [9.17, 15) is 4.79 Å². The minimum absolute atomic E-state index is 0.0244. The predicted octanol–water partition coefficient (Wildman–Crippen LogP) is 4.06. The molecule has 1 aliphatic heterocycles. The first-order valence-corrected chi connectivity index (χ1v) is 11.4. The maximum absolute atomic E-state index is 12.7. The molecular formula is C23H26ClN5O3S. The van der Waals surface area contributed by atoms with Gasteiger partial charge in [0, 0.05) is 42.7 Å². The van der Waals surface area contributed by atoms with Gasteiger partial charge in [-0.25, -0.2) is 0 Å². The SMILES string of the molecule is COc1ccc(-c2n[nH]c(=S)n2CCC(=O)NC2CCN(c3cc(Cl)ccc3OC)C2)cc1. The van der Waals surface area contributed by atoms with Crippen molar-refractivity contribution in [3.05, 3.63) is 52.3 Å². The van der Waals surface area contributed by atoms with E-state index in [1.165, 1.54) is 0 Å². The van der Waals surface area contributed by atoms with Crippen LogP contribution in [0.2, 0.25) is 5.02 Å². The lowest BCUT2D eigenvalue weighted by Crippen LogP contribution is -2.37. The zero-order valence-corrected chi connectivity index (χ0v) is 20.1. The first kappa shape index (κ1) is 23.1. The highest BCUT2D eigenvalue weighted by atomic mass is 35.5. The lowest BCUT2D eigenvalue weighted by molar-refractivity contribution is -0.121. The van der Waals surface area contributed by atoms with Crippen LogP contribution in [0.25, 0.3) is 11.4 Å². The van der Waals surface area contributed by atoms with Gasteiger partial charge in [0.05, 0.1) is 19.9 Å². The van der Waals surface area contributed by atoms with Crippen molar-refractivity contribution in [2.24, 2.45) is 0 Å². The van der Waals surface area contributed by atoms with Gasteiger partial charge in [0.15, 0.2) is 10.6 Å². The van der Waals surface area contributed by atoms with Crippen LogP contribution in [-0.2, 0) is 11.3 Å². The van der Waals surface area contributed by atoms with Gasteiger partial charge in [0.25, 0.3) is 0 Å². The van der Waals surface area contributed by atoms with E-state index in [0.717, 1.165) is 35.7 Å². The Morgan fingerprint density at radius 2 is 2.03 bits per heavy atom. The van der Waals surface area contributed by atoms with Gasteiger partial charge in [-0.3, -0.25) is 14.5 Å². The number of carbonyl (C=O) groups is 1. The van der Waals surface area contributed by atoms with Crippen LogP contribution in [0.4, 0.5) is 5.69 Å². The average molecular weight is 488 g/mol. The second-order valence-electron chi connectivity index (χ2n) is 7.80. The molecule has 2 aromatic carbocycles. The third-order valence-electron chi connectivity index (χ3n) is 5.70. The number of halogens is 1. The molecule has 1 fully saturated rings. The van der Waals surface area contributed by atoms with Crippen molar-refractivity contribution in [3.63, 3.8) is 0 Å². The molecule has 8 nitrogen and oxygen atoms in total. The van der Waals surface area contributed by atoms with Gasteiger partial charge in [-0.05, 0) is 61.1 Å². The molecule has 0 saturated carbocycles. The monoisotopic (exact) mass is 487 g/mol. The van der Waals surface area contributed by atoms with Crippen LogP contribution in [0.1, 0.15) is 12.8 Å². The number of carbonyl (C=O) groups excluding carboxylic acids is 1. The Hall–Kier alpha value is -3.04. The van der Waals surface area contributed by atoms with Crippen molar-refractivity contribution in [2.45, 2.75) is 25.4 Å². The number of amides is 1. The number of ether oxygens (including phenoxy) is 2. The average Bonchev–Trinajstić information content (AvgIpc) is 3.44. The summed E-state index contributed by atoms with van der Waals surface area (Å²) in [5.74, 6) is 2.20. The molecule has 2 N–H and O–H groups in total. The summed E-state index contributed by atoms with van der Waals surface area (Å²) in [5, 5.41) is 11.0. The van der Waals surface area contributed by atoms with Crippen LogP contribution in [0.5, 0.6) is 11.5 Å². The third kappa shape index (κ3) is 5.31. The number of H-pyrrole nitrogens is 1. The highest BCUT2D eigenvalue weighted by molar-refractivity contribution is 7.71. The number of aromatic nitrogens is 3. The molecule has 0 aliphatic carbocycles. The van der Waals surface area contributed by atoms with Gasteiger partial charge in [0.2, 0.25) is 5.91 Å². The van der Waals surface area contributed by atoms with E-state index in [4.69, 9.17) is 33.3 Å². The summed E-state index contributed by atoms with van der Waals surface area (Å²) >= 11 is 11.6. The van der Waals surface area contributed by atoms with Crippen molar-refractivity contribution in [1.29, 1.82) is 0 Å². The number of rotatable bonds is 8. The van der Waals surface area contributed by atoms with E-state index in [1.54, 1.807) is 20.3 Å². The molecule has 1 aliphatic rings. The number of benzene rings is 2. The summed E-state index contributed by atoms with van der Waals surface area (Å²) in [5.41, 5.74) is 1.83. The van der Waals surface area contributed by atoms with Gasteiger partial charge in [-0.2, -0.15) is 5.10 Å². The van der Waals surface area contributed by atoms with Crippen molar-refractivity contribution in [3.8, 4) is 22.9 Å². The minimum Gasteiger partial charge on any atom is -0.497 e. The molecule has 1 unspecified atom stereocenters. The van der Waals surface area contributed by atoms with Crippen molar-refractivity contribution >= 4 is 35.4 Å². The number of hydrogen-bond acceptors (Lipinski definition) is 6. The van der Waals surface area contributed by atoms with Gasteiger partial charge in [-0.15, -0.1) is 0 Å². The molecule has 1 amide bonds. The fraction of sp³-hybridized carbons (Fsp3) is 0.348. The Balaban J connectivity index is 1.36. The number of methoxy groups -OCH3 is 2. The topological polar surface area (TPSA) is 84.4 Å². The lowest BCUT2D eigenvalue weighted by atomic mass is 10.2. The summed E-state index contributed by atoms with van der Waals surface area (Å²) < 4.78 is 13.0. The molecule has 2 heterocycles. The van der Waals surface area contributed by atoms with E-state index >= 15 is 0 Å². The molecule has 0 radical (unpaired) electrons. The van der Waals surface area contributed by atoms with Crippen LogP contribution in [-0.4, -0.2) is 54.0 Å². The fourth-order valence-corrected chi connectivity index (χ4v) is 4.40. The number of nitrogens with one attached hydrogen (secondary N) is 2. The summed E-state index contributed by atoms with van der Waals surface area (Å²) in [6, 6.07) is 13.2. The van der Waals surface area contributed by atoms with Crippen LogP contribution in [0.15, 0.2) is 42.5 Å². The van der Waals surface area contributed by atoms with Crippen LogP contribution in [0, 0.1) is 4.77 Å². The predicted molar refractivity (Wildman–Crippen MR) is 131 cm³/mol. The van der Waals surface area contributed by atoms with E-state index in [-0.39, 0.29) is 11.9 Å². The van der Waals surface area contributed by atoms with E-state index in [1.807, 2.05) is 41.0 Å². The van der Waals surface area contributed by atoms with Crippen LogP contribution >= 0.6 is 23.8 Å². The molecule has 1 aromatic heterocycles. The maximum atomic E-state index is 12.7. The zero-order valence-electron chi connectivity index (χ0n) is 18.5. The second-order valence-corrected chi connectivity index (χ2v) is 8.62. The number of hydrogen-bond donors (Lipinski definition) is 2. The Kier molecular flexibility index (Phi) is 7.20. The lowest BCUT2D eigenvalue weighted by Gasteiger charge is -2.21. The van der Waals surface area contributed by atoms with Gasteiger partial charge >= 0.3 is 0 Å². The van der Waals surface area contributed by atoms with Crippen LogP contribution < -0.4 is 19.7 Å². The van der Waals surface area contributed by atoms with Crippen molar-refractivity contribution in [1.82, 2.24) is 20.1 Å². The quantitative estimate of drug-likeness (QED) is 0.466. The van der Waals surface area contributed by atoms with Crippen LogP contribution in [0.3, 0.4) is 0 Å². The maximum Gasteiger partial charge on any atom is 0.222 e. The molecule has 33 heavy (non-hydrogen) atoms. The molecule has 4 rings (SSSR count). The normalized spacial score (nSPS) is 15.5. The Morgan fingerprint density at radius 3 is 2.76 bits per heavy atom. The summed E-state index contributed by atoms with van der Waals surface area (Å²) in [4.78, 5) is 14.9. The van der Waals surface area contributed by atoms with Crippen molar-refractivity contribution in [2.75, 3.05) is 32.2 Å². The smallest absolute Gasteiger partial charge is 0.222 e. The van der Waals surface area contributed by atoms with E-state index < -0.39 is 0 Å². The standard InChI is InChI=1S/C23H26ClN5O3S/c1-31-18-6-3-15(4-7-18)22-26-27-23(33)29(22)12-10-21(30)25-17-9-11-28(14-17)19-13-16(24)5-8-20(19)32-2/h3-8,13,17H,9-12,14H2,1-2H3,(H,25,30)(H,27,33). The highest BCUT2D eigenvalue weighted by Gasteiger charge is 2.26. The second kappa shape index (κ2) is 10.3. The molecule has 0 spiro atoms. The largest absolute Gasteiger partial charge is 0.497 e. The van der Waals surface area contributed by atoms with E-state index in [0.29, 0.717) is 35.1 Å². The van der Waals surface area contributed by atoms with E-state index in [2.05, 4.69) is 20.4 Å². The molecule has 3 aromatic rings. The molecule has 174 valence electrons. The Morgan fingerprint density at radius 1 is 1.24 bits per heavy atom. The Labute approximate surface area is 202 Å². The zero-order chi connectivity index (χ0) is 23.4. The minimum atomic E-state index is -0.0244. The first-order chi connectivity index (χ1) is 16.0. The molecule has 1 atom stereocenters. The summed E-state index contributed by atoms with van der Waals surface area (Å²) in [6.07, 6.45) is 1.15. The van der Waals surface area contributed by atoms with Gasteiger partial charge in [-0.1, -0.05) is 11.6 Å². The first-order valence-electron chi connectivity index (χ1n) is 10.7. The third-order valence-corrected chi connectivity index (χ3v) is 6.25. The number of aromatic amines is 1. The fourth-order valence-electron chi connectivity index (χ4n) is 4.01. The molecule has 0 bridgehead atoms. The molecular weight excluding hydrogens is 462 g/mol. The van der Waals surface area contributed by atoms with Crippen molar-refractivity contribution < 1.29 is 14.3 Å². The summed E-state index contributed by atoms with van der Waals surface area (Å²) in [7, 11) is 3.27. The summed E-state index contributed by atoms with van der Waals surface area (Å²) in [6.45, 7) is 1.95. The molecule has 1 saturated heterocycles. The van der Waals surface area contributed by atoms with Gasteiger partial charge < -0.3 is 19.7 Å².